The van der Waals surface area contributed by atoms with Crippen molar-refractivity contribution in [3.63, 3.8) is 0 Å². The Morgan fingerprint density at radius 3 is 2.56 bits per heavy atom. The molecule has 3 aromatic rings. The highest BCUT2D eigenvalue weighted by Crippen LogP contribution is 2.22. The van der Waals surface area contributed by atoms with Gasteiger partial charge in [-0.25, -0.2) is 0 Å². The van der Waals surface area contributed by atoms with Gasteiger partial charge in [-0.1, -0.05) is 56.2 Å². The summed E-state index contributed by atoms with van der Waals surface area (Å²) >= 11 is 0. The zero-order valence-corrected chi connectivity index (χ0v) is 14.3. The second-order valence-electron chi connectivity index (χ2n) is 6.14. The summed E-state index contributed by atoms with van der Waals surface area (Å²) in [6.07, 6.45) is 3.09. The van der Waals surface area contributed by atoms with Crippen LogP contribution >= 0.6 is 0 Å². The van der Waals surface area contributed by atoms with Crippen molar-refractivity contribution in [3.05, 3.63) is 70.5 Å². The van der Waals surface area contributed by atoms with Crippen molar-refractivity contribution >= 4 is 16.7 Å². The molecule has 2 N–H and O–H groups in total. The van der Waals surface area contributed by atoms with Gasteiger partial charge in [0.2, 0.25) is 0 Å². The Hall–Kier alpha value is -2.88. The van der Waals surface area contributed by atoms with Crippen LogP contribution in [0.5, 0.6) is 0 Å². The van der Waals surface area contributed by atoms with E-state index in [0.29, 0.717) is 12.2 Å². The first kappa shape index (κ1) is 17.0. The Kier molecular flexibility index (Phi) is 5.29. The average Bonchev–Trinajstić information content (AvgIpc) is 2.64. The molecular formula is C21H22N2O2. The lowest BCUT2D eigenvalue weighted by atomic mass is 10.0. The maximum Gasteiger partial charge on any atom is 0.261 e. The number of carbonyl (C=O) groups excluding carboxylic acids is 1. The predicted molar refractivity (Wildman–Crippen MR) is 102 cm³/mol. The lowest BCUT2D eigenvalue weighted by molar-refractivity contribution is 0.0951. The molecule has 4 heteroatoms. The van der Waals surface area contributed by atoms with Gasteiger partial charge in [-0.05, 0) is 41.0 Å². The zero-order chi connectivity index (χ0) is 17.6. The van der Waals surface area contributed by atoms with E-state index >= 15 is 0 Å². The minimum absolute atomic E-state index is 0.154. The zero-order valence-electron chi connectivity index (χ0n) is 14.3. The molecule has 0 atom stereocenters. The molecule has 0 radical (unpaired) electrons. The first-order valence-corrected chi connectivity index (χ1v) is 8.69. The minimum atomic E-state index is -0.362. The van der Waals surface area contributed by atoms with Gasteiger partial charge in [-0.2, -0.15) is 0 Å². The quantitative estimate of drug-likeness (QED) is 0.666. The van der Waals surface area contributed by atoms with Crippen molar-refractivity contribution in [2.24, 2.45) is 0 Å². The number of pyridine rings is 1. The Morgan fingerprint density at radius 1 is 1.00 bits per heavy atom. The highest BCUT2D eigenvalue weighted by molar-refractivity contribution is 5.94. The van der Waals surface area contributed by atoms with Crippen molar-refractivity contribution in [1.29, 1.82) is 0 Å². The summed E-state index contributed by atoms with van der Waals surface area (Å²) in [4.78, 5) is 27.2. The van der Waals surface area contributed by atoms with Crippen LogP contribution in [0, 0.1) is 0 Å². The van der Waals surface area contributed by atoms with Crippen LogP contribution in [0.15, 0.2) is 59.4 Å². The standard InChI is InChI=1S/C21H22N2O2/c1-2-3-6-13-22-20(24)18-11-12-19(23-21(18)25)17-10-9-15-7-4-5-8-16(15)14-17/h4-5,7-12,14H,2-3,6,13H2,1H3,(H,22,24)(H,23,25). The molecule has 1 aromatic heterocycles. The van der Waals surface area contributed by atoms with Crippen molar-refractivity contribution in [3.8, 4) is 11.3 Å². The third kappa shape index (κ3) is 3.97. The molecule has 0 aliphatic rings. The first-order valence-electron chi connectivity index (χ1n) is 8.69. The van der Waals surface area contributed by atoms with E-state index in [-0.39, 0.29) is 17.0 Å². The highest BCUT2D eigenvalue weighted by Gasteiger charge is 2.11. The lowest BCUT2D eigenvalue weighted by Crippen LogP contribution is -2.30. The number of amides is 1. The number of fused-ring (bicyclic) bond motifs is 1. The molecule has 1 amide bonds. The summed E-state index contributed by atoms with van der Waals surface area (Å²) in [5.41, 5.74) is 1.42. The van der Waals surface area contributed by atoms with E-state index in [9.17, 15) is 9.59 Å². The monoisotopic (exact) mass is 334 g/mol. The molecule has 0 saturated heterocycles. The molecule has 4 nitrogen and oxygen atoms in total. The number of carbonyl (C=O) groups is 1. The van der Waals surface area contributed by atoms with Crippen molar-refractivity contribution < 1.29 is 4.79 Å². The molecule has 0 fully saturated rings. The second-order valence-corrected chi connectivity index (χ2v) is 6.14. The first-order chi connectivity index (χ1) is 12.2. The summed E-state index contributed by atoms with van der Waals surface area (Å²) < 4.78 is 0. The Bertz CT molecular complexity index is 944. The van der Waals surface area contributed by atoms with E-state index in [0.717, 1.165) is 35.6 Å². The van der Waals surface area contributed by atoms with Crippen LogP contribution in [-0.4, -0.2) is 17.4 Å². The number of aromatic amines is 1. The van der Waals surface area contributed by atoms with Crippen molar-refractivity contribution in [1.82, 2.24) is 10.3 Å². The molecule has 2 aromatic carbocycles. The van der Waals surface area contributed by atoms with Crippen LogP contribution < -0.4 is 10.9 Å². The summed E-state index contributed by atoms with van der Waals surface area (Å²) in [5.74, 6) is -0.317. The fraction of sp³-hybridized carbons (Fsp3) is 0.238. The summed E-state index contributed by atoms with van der Waals surface area (Å²) in [5, 5.41) is 5.06. The number of hydrogen-bond donors (Lipinski definition) is 2. The van der Waals surface area contributed by atoms with Crippen LogP contribution in [0.25, 0.3) is 22.0 Å². The number of aromatic nitrogens is 1. The predicted octanol–water partition coefficient (Wildman–Crippen LogP) is 4.12. The van der Waals surface area contributed by atoms with Gasteiger partial charge in [0.15, 0.2) is 0 Å². The number of nitrogens with one attached hydrogen (secondary N) is 2. The van der Waals surface area contributed by atoms with Gasteiger partial charge < -0.3 is 10.3 Å². The Labute approximate surface area is 146 Å². The number of rotatable bonds is 6. The van der Waals surface area contributed by atoms with Crippen molar-refractivity contribution in [2.45, 2.75) is 26.2 Å². The normalized spacial score (nSPS) is 10.8. The van der Waals surface area contributed by atoms with Gasteiger partial charge in [-0.15, -0.1) is 0 Å². The molecule has 0 bridgehead atoms. The average molecular weight is 334 g/mol. The number of unbranched alkanes of at least 4 members (excludes halogenated alkanes) is 2. The fourth-order valence-corrected chi connectivity index (χ4v) is 2.85. The van der Waals surface area contributed by atoms with Gasteiger partial charge in [0.25, 0.3) is 11.5 Å². The van der Waals surface area contributed by atoms with Crippen LogP contribution in [-0.2, 0) is 0 Å². The molecule has 1 heterocycles. The second kappa shape index (κ2) is 7.79. The number of H-pyrrole nitrogens is 1. The molecule has 0 spiro atoms. The van der Waals surface area contributed by atoms with Crippen LogP contribution in [0.4, 0.5) is 0 Å². The highest BCUT2D eigenvalue weighted by atomic mass is 16.2. The van der Waals surface area contributed by atoms with E-state index in [4.69, 9.17) is 0 Å². The van der Waals surface area contributed by atoms with E-state index in [1.807, 2.05) is 42.5 Å². The number of hydrogen-bond acceptors (Lipinski definition) is 2. The van der Waals surface area contributed by atoms with Gasteiger partial charge in [0.1, 0.15) is 5.56 Å². The molecule has 0 unspecified atom stereocenters. The fourth-order valence-electron chi connectivity index (χ4n) is 2.85. The molecule has 0 aliphatic carbocycles. The summed E-state index contributed by atoms with van der Waals surface area (Å²) in [6.45, 7) is 2.70. The third-order valence-electron chi connectivity index (χ3n) is 4.28. The molecule has 128 valence electrons. The van der Waals surface area contributed by atoms with E-state index in [2.05, 4.69) is 17.2 Å². The van der Waals surface area contributed by atoms with E-state index in [1.54, 1.807) is 12.1 Å². The van der Waals surface area contributed by atoms with Crippen molar-refractivity contribution in [2.75, 3.05) is 6.54 Å². The van der Waals surface area contributed by atoms with E-state index < -0.39 is 0 Å². The Balaban J connectivity index is 1.81. The lowest BCUT2D eigenvalue weighted by Gasteiger charge is -2.07. The van der Waals surface area contributed by atoms with Gasteiger partial charge in [0, 0.05) is 12.2 Å². The topological polar surface area (TPSA) is 62.0 Å². The molecule has 25 heavy (non-hydrogen) atoms. The van der Waals surface area contributed by atoms with Gasteiger partial charge in [-0.3, -0.25) is 9.59 Å². The molecule has 3 rings (SSSR count). The van der Waals surface area contributed by atoms with Gasteiger partial charge >= 0.3 is 0 Å². The SMILES string of the molecule is CCCCCNC(=O)c1ccc(-c2ccc3ccccc3c2)[nH]c1=O. The van der Waals surface area contributed by atoms with Crippen LogP contribution in [0.1, 0.15) is 36.5 Å². The Morgan fingerprint density at radius 2 is 1.80 bits per heavy atom. The van der Waals surface area contributed by atoms with E-state index in [1.165, 1.54) is 0 Å². The maximum atomic E-state index is 12.3. The molecular weight excluding hydrogens is 312 g/mol. The van der Waals surface area contributed by atoms with Crippen LogP contribution in [0.2, 0.25) is 0 Å². The smallest absolute Gasteiger partial charge is 0.261 e. The summed E-state index contributed by atoms with van der Waals surface area (Å²) in [6, 6.07) is 17.5. The molecule has 0 saturated carbocycles. The van der Waals surface area contributed by atoms with Crippen LogP contribution in [0.3, 0.4) is 0 Å². The van der Waals surface area contributed by atoms with Gasteiger partial charge in [0.05, 0.1) is 0 Å². The third-order valence-corrected chi connectivity index (χ3v) is 4.28. The number of benzene rings is 2. The largest absolute Gasteiger partial charge is 0.352 e. The minimum Gasteiger partial charge on any atom is -0.352 e. The summed E-state index contributed by atoms with van der Waals surface area (Å²) in [7, 11) is 0. The maximum absolute atomic E-state index is 12.3. The molecule has 0 aliphatic heterocycles.